The minimum atomic E-state index is -0.914. The van der Waals surface area contributed by atoms with E-state index in [0.29, 0.717) is 6.61 Å². The summed E-state index contributed by atoms with van der Waals surface area (Å²) in [4.78, 5) is 22.3. The van der Waals surface area contributed by atoms with Crippen molar-refractivity contribution in [2.45, 2.75) is 33.5 Å². The molecule has 0 heterocycles. The fourth-order valence-corrected chi connectivity index (χ4v) is 0.856. The van der Waals surface area contributed by atoms with Gasteiger partial charge in [0.15, 0.2) is 12.2 Å². The maximum Gasteiger partial charge on any atom is 0.322 e. The minimum absolute atomic E-state index is 0.515. The predicted molar refractivity (Wildman–Crippen MR) is 53.0 cm³/mol. The van der Waals surface area contributed by atoms with Crippen LogP contribution in [0.15, 0.2) is 0 Å². The highest BCUT2D eigenvalue weighted by Gasteiger charge is 2.25. The van der Waals surface area contributed by atoms with Crippen molar-refractivity contribution in [3.63, 3.8) is 0 Å². The number of rotatable bonds is 6. The van der Waals surface area contributed by atoms with Crippen LogP contribution in [0.25, 0.3) is 0 Å². The maximum absolute atomic E-state index is 11.3. The lowest BCUT2D eigenvalue weighted by molar-refractivity contribution is -0.182. The summed E-state index contributed by atoms with van der Waals surface area (Å²) in [5, 5.41) is 0. The second-order valence-corrected chi connectivity index (χ2v) is 3.12. The SMILES string of the molecule is CCCOC(C)OC(=O)C(C)C(=O)OC. The first-order valence-electron chi connectivity index (χ1n) is 4.92. The average molecular weight is 218 g/mol. The highest BCUT2D eigenvalue weighted by Crippen LogP contribution is 2.05. The van der Waals surface area contributed by atoms with Gasteiger partial charge in [-0.15, -0.1) is 0 Å². The molecule has 0 N–H and O–H groups in total. The number of hydrogen-bond acceptors (Lipinski definition) is 5. The largest absolute Gasteiger partial charge is 0.468 e. The van der Waals surface area contributed by atoms with Gasteiger partial charge in [-0.1, -0.05) is 6.92 Å². The molecule has 0 aromatic carbocycles. The molecule has 88 valence electrons. The van der Waals surface area contributed by atoms with Crippen molar-refractivity contribution in [3.8, 4) is 0 Å². The first kappa shape index (κ1) is 13.9. The van der Waals surface area contributed by atoms with Crippen LogP contribution in [0.3, 0.4) is 0 Å². The Morgan fingerprint density at radius 2 is 1.80 bits per heavy atom. The summed E-state index contributed by atoms with van der Waals surface area (Å²) in [6.45, 7) is 5.50. The predicted octanol–water partition coefficient (Wildman–Crippen LogP) is 1.11. The smallest absolute Gasteiger partial charge is 0.322 e. The van der Waals surface area contributed by atoms with E-state index in [4.69, 9.17) is 9.47 Å². The molecule has 2 atom stereocenters. The lowest BCUT2D eigenvalue weighted by atomic mass is 10.2. The van der Waals surface area contributed by atoms with Crippen molar-refractivity contribution in [3.05, 3.63) is 0 Å². The van der Waals surface area contributed by atoms with Gasteiger partial charge >= 0.3 is 11.9 Å². The third-order valence-corrected chi connectivity index (χ3v) is 1.75. The summed E-state index contributed by atoms with van der Waals surface area (Å²) in [7, 11) is 1.23. The number of methoxy groups -OCH3 is 1. The van der Waals surface area contributed by atoms with Gasteiger partial charge in [-0.25, -0.2) is 0 Å². The first-order valence-corrected chi connectivity index (χ1v) is 4.92. The van der Waals surface area contributed by atoms with Gasteiger partial charge in [-0.2, -0.15) is 0 Å². The van der Waals surface area contributed by atoms with Crippen LogP contribution in [0.4, 0.5) is 0 Å². The van der Waals surface area contributed by atoms with Crippen molar-refractivity contribution in [1.29, 1.82) is 0 Å². The molecule has 0 bridgehead atoms. The van der Waals surface area contributed by atoms with Crippen LogP contribution < -0.4 is 0 Å². The van der Waals surface area contributed by atoms with Crippen LogP contribution in [0, 0.1) is 5.92 Å². The Labute approximate surface area is 89.7 Å². The quantitative estimate of drug-likeness (QED) is 0.379. The Morgan fingerprint density at radius 1 is 1.20 bits per heavy atom. The van der Waals surface area contributed by atoms with E-state index in [1.54, 1.807) is 6.92 Å². The maximum atomic E-state index is 11.3. The highest BCUT2D eigenvalue weighted by atomic mass is 16.7. The van der Waals surface area contributed by atoms with Gasteiger partial charge in [0.25, 0.3) is 0 Å². The zero-order valence-electron chi connectivity index (χ0n) is 9.61. The lowest BCUT2D eigenvalue weighted by Gasteiger charge is -2.15. The van der Waals surface area contributed by atoms with E-state index < -0.39 is 24.1 Å². The number of carbonyl (C=O) groups excluding carboxylic acids is 2. The molecule has 0 saturated heterocycles. The summed E-state index contributed by atoms with van der Waals surface area (Å²) in [6, 6.07) is 0. The number of ether oxygens (including phenoxy) is 3. The molecule has 15 heavy (non-hydrogen) atoms. The van der Waals surface area contributed by atoms with Crippen LogP contribution in [0.1, 0.15) is 27.2 Å². The summed E-state index contributed by atoms with van der Waals surface area (Å²) in [5.41, 5.74) is 0. The van der Waals surface area contributed by atoms with Crippen LogP contribution in [0.2, 0.25) is 0 Å². The molecule has 5 nitrogen and oxygen atoms in total. The second-order valence-electron chi connectivity index (χ2n) is 3.12. The van der Waals surface area contributed by atoms with Gasteiger partial charge in [-0.3, -0.25) is 9.59 Å². The standard InChI is InChI=1S/C10H18O5/c1-5-6-14-8(3)15-10(12)7(2)9(11)13-4/h7-8H,5-6H2,1-4H3. The topological polar surface area (TPSA) is 61.8 Å². The molecule has 0 aliphatic rings. The van der Waals surface area contributed by atoms with Crippen LogP contribution in [-0.2, 0) is 23.8 Å². The number of esters is 2. The third-order valence-electron chi connectivity index (χ3n) is 1.75. The summed E-state index contributed by atoms with van der Waals surface area (Å²) in [6.07, 6.45) is 0.207. The van der Waals surface area contributed by atoms with E-state index in [-0.39, 0.29) is 0 Å². The molecule has 2 unspecified atom stereocenters. The average Bonchev–Trinajstić information content (AvgIpc) is 2.23. The van der Waals surface area contributed by atoms with Gasteiger partial charge in [0, 0.05) is 0 Å². The molecule has 0 aromatic heterocycles. The van der Waals surface area contributed by atoms with Gasteiger partial charge in [-0.05, 0) is 20.3 Å². The second kappa shape index (κ2) is 7.23. The Morgan fingerprint density at radius 3 is 2.27 bits per heavy atom. The zero-order valence-corrected chi connectivity index (χ0v) is 9.61. The van der Waals surface area contributed by atoms with Crippen LogP contribution >= 0.6 is 0 Å². The first-order chi connectivity index (χ1) is 7.02. The van der Waals surface area contributed by atoms with Gasteiger partial charge in [0.2, 0.25) is 0 Å². The highest BCUT2D eigenvalue weighted by molar-refractivity contribution is 5.94. The van der Waals surface area contributed by atoms with Crippen molar-refractivity contribution < 1.29 is 23.8 Å². The molecule has 0 aliphatic heterocycles. The Kier molecular flexibility index (Phi) is 6.70. The van der Waals surface area contributed by atoms with E-state index >= 15 is 0 Å². The fourth-order valence-electron chi connectivity index (χ4n) is 0.856. The molecule has 0 aromatic rings. The van der Waals surface area contributed by atoms with Gasteiger partial charge in [0.05, 0.1) is 13.7 Å². The fraction of sp³-hybridized carbons (Fsp3) is 0.800. The molecule has 5 heteroatoms. The van der Waals surface area contributed by atoms with E-state index in [1.807, 2.05) is 6.92 Å². The lowest BCUT2D eigenvalue weighted by Crippen LogP contribution is -2.28. The summed E-state index contributed by atoms with van der Waals surface area (Å²) >= 11 is 0. The molecule has 0 amide bonds. The van der Waals surface area contributed by atoms with E-state index in [9.17, 15) is 9.59 Å². The molecular weight excluding hydrogens is 200 g/mol. The van der Waals surface area contributed by atoms with E-state index in [0.717, 1.165) is 6.42 Å². The molecular formula is C10H18O5. The number of hydrogen-bond donors (Lipinski definition) is 0. The zero-order chi connectivity index (χ0) is 11.8. The van der Waals surface area contributed by atoms with Gasteiger partial charge < -0.3 is 14.2 Å². The molecule has 0 rings (SSSR count). The van der Waals surface area contributed by atoms with Crippen molar-refractivity contribution in [1.82, 2.24) is 0 Å². The van der Waals surface area contributed by atoms with E-state index in [1.165, 1.54) is 14.0 Å². The van der Waals surface area contributed by atoms with Gasteiger partial charge in [0.1, 0.15) is 0 Å². The molecule has 0 aliphatic carbocycles. The normalized spacial score (nSPS) is 14.1. The monoisotopic (exact) mass is 218 g/mol. The molecule has 0 radical (unpaired) electrons. The molecule has 0 fully saturated rings. The van der Waals surface area contributed by atoms with Crippen molar-refractivity contribution >= 4 is 11.9 Å². The Balaban J connectivity index is 3.95. The number of carbonyl (C=O) groups is 2. The Bertz CT molecular complexity index is 214. The van der Waals surface area contributed by atoms with Crippen LogP contribution in [-0.4, -0.2) is 31.9 Å². The third kappa shape index (κ3) is 5.37. The summed E-state index contributed by atoms with van der Waals surface area (Å²) in [5.74, 6) is -2.16. The molecule has 0 spiro atoms. The van der Waals surface area contributed by atoms with Crippen molar-refractivity contribution in [2.75, 3.05) is 13.7 Å². The molecule has 0 saturated carbocycles. The minimum Gasteiger partial charge on any atom is -0.468 e. The Hall–Kier alpha value is -1.10. The summed E-state index contributed by atoms with van der Waals surface area (Å²) < 4.78 is 14.4. The van der Waals surface area contributed by atoms with E-state index in [2.05, 4.69) is 4.74 Å². The van der Waals surface area contributed by atoms with Crippen LogP contribution in [0.5, 0.6) is 0 Å². The van der Waals surface area contributed by atoms with Crippen molar-refractivity contribution in [2.24, 2.45) is 5.92 Å².